The Morgan fingerprint density at radius 3 is 2.32 bits per heavy atom. The van der Waals surface area contributed by atoms with Gasteiger partial charge in [0.2, 0.25) is 5.91 Å². The summed E-state index contributed by atoms with van der Waals surface area (Å²) in [6.45, 7) is 0. The maximum Gasteiger partial charge on any atom is 0.340 e. The minimum absolute atomic E-state index is 0. The van der Waals surface area contributed by atoms with Crippen LogP contribution < -0.4 is 20.5 Å². The highest BCUT2D eigenvalue weighted by molar-refractivity contribution is 6.02. The standard InChI is InChI=1S/C17H24N2O5.ClH/c1-22-14-8-12(17(21)24-3)13(9-15(14)23-2)19-16(20)10-5-4-6-11(18)7-10;/h8-11H,4-7,18H2,1-3H3,(H,19,20);1H. The molecule has 0 saturated heterocycles. The molecule has 0 bridgehead atoms. The number of esters is 1. The average molecular weight is 373 g/mol. The molecule has 0 aliphatic heterocycles. The summed E-state index contributed by atoms with van der Waals surface area (Å²) in [6.07, 6.45) is 3.30. The summed E-state index contributed by atoms with van der Waals surface area (Å²) in [5.74, 6) is -0.0714. The molecular formula is C17H25ClN2O5. The lowest BCUT2D eigenvalue weighted by molar-refractivity contribution is -0.120. The molecule has 25 heavy (non-hydrogen) atoms. The van der Waals surface area contributed by atoms with Crippen LogP contribution in [-0.2, 0) is 9.53 Å². The number of halogens is 1. The third kappa shape index (κ3) is 4.99. The quantitative estimate of drug-likeness (QED) is 0.769. The van der Waals surface area contributed by atoms with Crippen molar-refractivity contribution in [1.29, 1.82) is 0 Å². The number of hydrogen-bond donors (Lipinski definition) is 2. The van der Waals surface area contributed by atoms with Crippen LogP contribution in [0, 0.1) is 5.92 Å². The van der Waals surface area contributed by atoms with Gasteiger partial charge in [0, 0.05) is 24.1 Å². The molecule has 7 nitrogen and oxygen atoms in total. The molecule has 8 heteroatoms. The Kier molecular flexibility index (Phi) is 7.99. The van der Waals surface area contributed by atoms with Crippen molar-refractivity contribution in [3.8, 4) is 11.5 Å². The largest absolute Gasteiger partial charge is 0.493 e. The van der Waals surface area contributed by atoms with Crippen molar-refractivity contribution in [3.63, 3.8) is 0 Å². The third-order valence-corrected chi connectivity index (χ3v) is 4.27. The summed E-state index contributed by atoms with van der Waals surface area (Å²) in [7, 11) is 4.24. The van der Waals surface area contributed by atoms with Crippen molar-refractivity contribution in [1.82, 2.24) is 0 Å². The van der Waals surface area contributed by atoms with E-state index in [4.69, 9.17) is 19.9 Å². The number of nitrogens with one attached hydrogen (secondary N) is 1. The first-order valence-electron chi connectivity index (χ1n) is 7.91. The lowest BCUT2D eigenvalue weighted by atomic mass is 9.85. The molecule has 1 aliphatic carbocycles. The van der Waals surface area contributed by atoms with E-state index < -0.39 is 5.97 Å². The van der Waals surface area contributed by atoms with Crippen LogP contribution in [-0.4, -0.2) is 39.2 Å². The highest BCUT2D eigenvalue weighted by Crippen LogP contribution is 2.34. The normalized spacial score (nSPS) is 19.4. The fourth-order valence-electron chi connectivity index (χ4n) is 2.96. The Morgan fingerprint density at radius 2 is 1.76 bits per heavy atom. The van der Waals surface area contributed by atoms with E-state index in [9.17, 15) is 9.59 Å². The lowest BCUT2D eigenvalue weighted by Crippen LogP contribution is -2.34. The first kappa shape index (κ1) is 21.1. The molecule has 1 saturated carbocycles. The molecular weight excluding hydrogens is 348 g/mol. The van der Waals surface area contributed by atoms with Gasteiger partial charge in [-0.1, -0.05) is 6.42 Å². The maximum absolute atomic E-state index is 12.5. The number of ether oxygens (including phenoxy) is 3. The first-order valence-corrected chi connectivity index (χ1v) is 7.91. The number of methoxy groups -OCH3 is 3. The van der Waals surface area contributed by atoms with Gasteiger partial charge in [-0.3, -0.25) is 4.79 Å². The van der Waals surface area contributed by atoms with Gasteiger partial charge in [0.05, 0.1) is 32.6 Å². The maximum atomic E-state index is 12.5. The number of nitrogens with two attached hydrogens (primary N) is 1. The van der Waals surface area contributed by atoms with E-state index in [0.29, 0.717) is 23.6 Å². The molecule has 1 fully saturated rings. The van der Waals surface area contributed by atoms with Gasteiger partial charge in [0.25, 0.3) is 0 Å². The van der Waals surface area contributed by atoms with E-state index in [-0.39, 0.29) is 35.8 Å². The summed E-state index contributed by atoms with van der Waals surface area (Å²) < 4.78 is 15.2. The average Bonchev–Trinajstić information content (AvgIpc) is 2.60. The first-order chi connectivity index (χ1) is 11.5. The summed E-state index contributed by atoms with van der Waals surface area (Å²) in [4.78, 5) is 24.6. The smallest absolute Gasteiger partial charge is 0.340 e. The van der Waals surface area contributed by atoms with Crippen LogP contribution in [0.5, 0.6) is 11.5 Å². The Balaban J connectivity index is 0.00000312. The van der Waals surface area contributed by atoms with Gasteiger partial charge < -0.3 is 25.3 Å². The second-order valence-corrected chi connectivity index (χ2v) is 5.86. The SMILES string of the molecule is COC(=O)c1cc(OC)c(OC)cc1NC(=O)C1CCCC(N)C1.Cl. The predicted molar refractivity (Wildman–Crippen MR) is 96.7 cm³/mol. The van der Waals surface area contributed by atoms with Gasteiger partial charge in [-0.2, -0.15) is 0 Å². The Bertz CT molecular complexity index is 623. The van der Waals surface area contributed by atoms with E-state index in [1.54, 1.807) is 6.07 Å². The second kappa shape index (κ2) is 9.48. The van der Waals surface area contributed by atoms with Gasteiger partial charge in [-0.15, -0.1) is 12.4 Å². The number of hydrogen-bond acceptors (Lipinski definition) is 6. The number of anilines is 1. The van der Waals surface area contributed by atoms with Gasteiger partial charge in [0.15, 0.2) is 11.5 Å². The van der Waals surface area contributed by atoms with Crippen molar-refractivity contribution >= 4 is 30.0 Å². The molecule has 0 aromatic heterocycles. The van der Waals surface area contributed by atoms with Gasteiger partial charge in [-0.25, -0.2) is 4.79 Å². The molecule has 1 aromatic carbocycles. The summed E-state index contributed by atoms with van der Waals surface area (Å²) in [5, 5.41) is 2.81. The number of carbonyl (C=O) groups is 2. The van der Waals surface area contributed by atoms with Crippen molar-refractivity contribution in [2.75, 3.05) is 26.6 Å². The van der Waals surface area contributed by atoms with E-state index in [1.165, 1.54) is 27.4 Å². The third-order valence-electron chi connectivity index (χ3n) is 4.27. The van der Waals surface area contributed by atoms with Crippen LogP contribution in [0.1, 0.15) is 36.0 Å². The molecule has 2 unspecified atom stereocenters. The van der Waals surface area contributed by atoms with Crippen molar-refractivity contribution in [3.05, 3.63) is 17.7 Å². The van der Waals surface area contributed by atoms with Crippen molar-refractivity contribution in [2.45, 2.75) is 31.7 Å². The molecule has 1 aromatic rings. The number of rotatable bonds is 5. The molecule has 0 spiro atoms. The van der Waals surface area contributed by atoms with Crippen LogP contribution in [0.25, 0.3) is 0 Å². The zero-order valence-electron chi connectivity index (χ0n) is 14.7. The summed E-state index contributed by atoms with van der Waals surface area (Å²) >= 11 is 0. The molecule has 140 valence electrons. The van der Waals surface area contributed by atoms with Crippen LogP contribution in [0.2, 0.25) is 0 Å². The predicted octanol–water partition coefficient (Wildman–Crippen LogP) is 2.37. The fourth-order valence-corrected chi connectivity index (χ4v) is 2.96. The Labute approximate surface area is 153 Å². The van der Waals surface area contributed by atoms with E-state index in [0.717, 1.165) is 19.3 Å². The molecule has 3 N–H and O–H groups in total. The molecule has 2 rings (SSSR count). The van der Waals surface area contributed by atoms with Crippen LogP contribution in [0.15, 0.2) is 12.1 Å². The van der Waals surface area contributed by atoms with Crippen molar-refractivity contribution < 1.29 is 23.8 Å². The van der Waals surface area contributed by atoms with E-state index in [1.807, 2.05) is 0 Å². The van der Waals surface area contributed by atoms with Gasteiger partial charge >= 0.3 is 5.97 Å². The van der Waals surface area contributed by atoms with Crippen LogP contribution in [0.3, 0.4) is 0 Å². The highest BCUT2D eigenvalue weighted by Gasteiger charge is 2.27. The minimum atomic E-state index is -0.563. The lowest BCUT2D eigenvalue weighted by Gasteiger charge is -2.26. The Hall–Kier alpha value is -1.99. The number of carbonyl (C=O) groups excluding carboxylic acids is 2. The van der Waals surface area contributed by atoms with Crippen LogP contribution >= 0.6 is 12.4 Å². The fraction of sp³-hybridized carbons (Fsp3) is 0.529. The van der Waals surface area contributed by atoms with Gasteiger partial charge in [-0.05, 0) is 19.3 Å². The van der Waals surface area contributed by atoms with E-state index in [2.05, 4.69) is 5.32 Å². The molecule has 2 atom stereocenters. The molecule has 1 amide bonds. The monoisotopic (exact) mass is 372 g/mol. The Morgan fingerprint density at radius 1 is 1.12 bits per heavy atom. The topological polar surface area (TPSA) is 99.9 Å². The number of amides is 1. The zero-order valence-corrected chi connectivity index (χ0v) is 15.5. The van der Waals surface area contributed by atoms with E-state index >= 15 is 0 Å². The molecule has 1 aliphatic rings. The van der Waals surface area contributed by atoms with Crippen molar-refractivity contribution in [2.24, 2.45) is 11.7 Å². The second-order valence-electron chi connectivity index (χ2n) is 5.86. The molecule has 0 radical (unpaired) electrons. The zero-order chi connectivity index (χ0) is 17.7. The molecule has 0 heterocycles. The van der Waals surface area contributed by atoms with Crippen LogP contribution in [0.4, 0.5) is 5.69 Å². The number of benzene rings is 1. The van der Waals surface area contributed by atoms with Gasteiger partial charge in [0.1, 0.15) is 0 Å². The summed E-state index contributed by atoms with van der Waals surface area (Å²) in [5.41, 5.74) is 6.50. The summed E-state index contributed by atoms with van der Waals surface area (Å²) in [6, 6.07) is 3.10. The minimum Gasteiger partial charge on any atom is -0.493 e. The highest BCUT2D eigenvalue weighted by atomic mass is 35.5.